The molecule has 2 aliphatic heterocycles. The monoisotopic (exact) mass is 848 g/mol. The molecular weight excluding hydrogens is 801 g/mol. The van der Waals surface area contributed by atoms with Gasteiger partial charge in [0.1, 0.15) is 11.5 Å². The van der Waals surface area contributed by atoms with Gasteiger partial charge in [-0.3, -0.25) is 0 Å². The second-order valence-corrected chi connectivity index (χ2v) is 19.7. The van der Waals surface area contributed by atoms with Crippen molar-refractivity contribution in [2.75, 3.05) is 4.90 Å². The summed E-state index contributed by atoms with van der Waals surface area (Å²) in [5.74, 6) is 1.95. The highest BCUT2D eigenvalue weighted by atomic mass is 16.5. The van der Waals surface area contributed by atoms with Crippen molar-refractivity contribution < 1.29 is 4.74 Å². The Morgan fingerprint density at radius 2 is 1.14 bits per heavy atom. The summed E-state index contributed by atoms with van der Waals surface area (Å²) in [6.07, 6.45) is 10.2. The van der Waals surface area contributed by atoms with Crippen molar-refractivity contribution in [2.45, 2.75) is 49.6 Å². The Hall–Kier alpha value is -7.62. The molecule has 4 unspecified atom stereocenters. The molecule has 0 amide bonds. The van der Waals surface area contributed by atoms with E-state index in [9.17, 15) is 0 Å². The minimum Gasteiger partial charge on any atom is -0.457 e. The van der Waals surface area contributed by atoms with Gasteiger partial charge >= 0.3 is 0 Å². The van der Waals surface area contributed by atoms with Gasteiger partial charge in [0.2, 0.25) is 0 Å². The molecule has 8 aromatic carbocycles. The minimum absolute atomic E-state index is 0.149. The van der Waals surface area contributed by atoms with Crippen molar-refractivity contribution in [1.29, 1.82) is 0 Å². The lowest BCUT2D eigenvalue weighted by Crippen LogP contribution is -2.55. The number of para-hydroxylation sites is 5. The zero-order chi connectivity index (χ0) is 44.2. The van der Waals surface area contributed by atoms with Crippen molar-refractivity contribution in [1.82, 2.24) is 4.57 Å². The topological polar surface area (TPSA) is 17.4 Å². The maximum absolute atomic E-state index is 6.78. The number of hydrogen-bond donors (Lipinski definition) is 0. The number of benzene rings is 8. The number of aromatic nitrogens is 1. The molecule has 1 spiro atoms. The fourth-order valence-electron chi connectivity index (χ4n) is 13.7. The lowest BCUT2D eigenvalue weighted by molar-refractivity contribution is 0.379. The molecule has 1 aromatic heterocycles. The fourth-order valence-corrected chi connectivity index (χ4v) is 13.7. The van der Waals surface area contributed by atoms with Crippen LogP contribution in [0.4, 0.5) is 11.4 Å². The Balaban J connectivity index is 1.09. The largest absolute Gasteiger partial charge is 0.457 e. The van der Waals surface area contributed by atoms with Gasteiger partial charge in [-0.25, -0.2) is 0 Å². The molecule has 3 aliphatic carbocycles. The molecule has 0 saturated carbocycles. The molecule has 0 saturated heterocycles. The first-order valence-electron chi connectivity index (χ1n) is 23.5. The van der Waals surface area contributed by atoms with E-state index < -0.39 is 16.5 Å². The van der Waals surface area contributed by atoms with E-state index in [1.54, 1.807) is 0 Å². The van der Waals surface area contributed by atoms with Crippen LogP contribution in [0.25, 0.3) is 44.1 Å². The lowest BCUT2D eigenvalue weighted by Gasteiger charge is -2.57. The van der Waals surface area contributed by atoms with Crippen LogP contribution in [0.3, 0.4) is 0 Å². The molecule has 0 radical (unpaired) electrons. The van der Waals surface area contributed by atoms with Crippen LogP contribution in [-0.2, 0) is 16.4 Å². The van der Waals surface area contributed by atoms with E-state index in [4.69, 9.17) is 4.74 Å². The number of ether oxygens (including phenoxy) is 1. The fraction of sp³-hybridized carbons (Fsp3) is 0.143. The standard InChI is InChI=1S/C63H48N2O/c1-40-35-36-62(4)59-57(40)61(3,38-37-60(59,2)51-28-18-24-47-46-23-10-15-30-54(46)65(62)58(47)51)64(53-29-14-9-21-43(53)41-19-6-5-7-20-41)42-33-34-45-44-22-8-11-25-48(44)63(52(45)39-42)49-26-12-16-31-55(49)66-56-32-17-13-27-50(56)63/h5-40H,1-4H3. The molecule has 3 heterocycles. The summed E-state index contributed by atoms with van der Waals surface area (Å²) in [6.45, 7) is 9.87. The average molecular weight is 849 g/mol. The predicted octanol–water partition coefficient (Wildman–Crippen LogP) is 15.6. The molecule has 66 heavy (non-hydrogen) atoms. The van der Waals surface area contributed by atoms with E-state index in [0.717, 1.165) is 17.2 Å². The molecule has 9 aromatic rings. The summed E-state index contributed by atoms with van der Waals surface area (Å²) in [6, 6.07) is 69.8. The van der Waals surface area contributed by atoms with E-state index in [-0.39, 0.29) is 11.3 Å². The third kappa shape index (κ3) is 4.53. The third-order valence-corrected chi connectivity index (χ3v) is 16.2. The van der Waals surface area contributed by atoms with Gasteiger partial charge in [-0.15, -0.1) is 0 Å². The maximum Gasteiger partial charge on any atom is 0.132 e. The quantitative estimate of drug-likeness (QED) is 0.164. The molecule has 5 aliphatic rings. The van der Waals surface area contributed by atoms with Gasteiger partial charge in [-0.2, -0.15) is 0 Å². The molecule has 316 valence electrons. The lowest BCUT2D eigenvalue weighted by atomic mass is 9.55. The normalized spacial score (nSPS) is 23.2. The van der Waals surface area contributed by atoms with Crippen molar-refractivity contribution >= 4 is 33.2 Å². The van der Waals surface area contributed by atoms with Crippen LogP contribution < -0.4 is 9.64 Å². The Bertz CT molecular complexity index is 3620. The maximum atomic E-state index is 6.78. The number of anilines is 2. The summed E-state index contributed by atoms with van der Waals surface area (Å²) in [7, 11) is 0. The van der Waals surface area contributed by atoms with Gasteiger partial charge in [0.05, 0.1) is 33.2 Å². The predicted molar refractivity (Wildman–Crippen MR) is 271 cm³/mol. The first-order chi connectivity index (χ1) is 32.3. The summed E-state index contributed by atoms with van der Waals surface area (Å²) >= 11 is 0. The van der Waals surface area contributed by atoms with Crippen LogP contribution in [0, 0.1) is 5.92 Å². The van der Waals surface area contributed by atoms with Crippen molar-refractivity contribution in [2.24, 2.45) is 5.92 Å². The van der Waals surface area contributed by atoms with Crippen molar-refractivity contribution in [3.8, 4) is 33.8 Å². The molecule has 3 heteroatoms. The van der Waals surface area contributed by atoms with Crippen LogP contribution in [0.1, 0.15) is 55.5 Å². The van der Waals surface area contributed by atoms with E-state index in [0.29, 0.717) is 0 Å². The van der Waals surface area contributed by atoms with Crippen molar-refractivity contribution in [3.05, 3.63) is 251 Å². The molecule has 14 rings (SSSR count). The smallest absolute Gasteiger partial charge is 0.132 e. The first-order valence-corrected chi connectivity index (χ1v) is 23.5. The van der Waals surface area contributed by atoms with Gasteiger partial charge in [-0.05, 0) is 108 Å². The molecule has 0 fully saturated rings. The first kappa shape index (κ1) is 37.7. The van der Waals surface area contributed by atoms with Gasteiger partial charge < -0.3 is 14.2 Å². The summed E-state index contributed by atoms with van der Waals surface area (Å²) in [5.41, 5.74) is 17.0. The summed E-state index contributed by atoms with van der Waals surface area (Å²) < 4.78 is 9.45. The van der Waals surface area contributed by atoms with Crippen LogP contribution in [-0.4, -0.2) is 10.1 Å². The second kappa shape index (κ2) is 13.0. The Morgan fingerprint density at radius 3 is 1.92 bits per heavy atom. The third-order valence-electron chi connectivity index (χ3n) is 16.2. The second-order valence-electron chi connectivity index (χ2n) is 19.7. The van der Waals surface area contributed by atoms with E-state index in [1.165, 1.54) is 88.7 Å². The zero-order valence-corrected chi connectivity index (χ0v) is 37.6. The van der Waals surface area contributed by atoms with E-state index in [1.807, 2.05) is 0 Å². The SMILES string of the molecule is CC1C=CC2(C)C3=C1C(C)(N(c1ccc4c(c1)C1(c5ccccc5Oc5ccccc51)c1ccccc1-4)c1ccccc1-c1ccccc1)C=CC3(C)c1cccc3c4ccccc4n2c13. The Morgan fingerprint density at radius 1 is 0.515 bits per heavy atom. The molecule has 0 N–H and O–H groups in total. The van der Waals surface area contributed by atoms with Gasteiger partial charge in [0.25, 0.3) is 0 Å². The molecule has 0 bridgehead atoms. The van der Waals surface area contributed by atoms with Gasteiger partial charge in [0, 0.05) is 38.6 Å². The number of allylic oxidation sites excluding steroid dienone is 4. The van der Waals surface area contributed by atoms with Crippen molar-refractivity contribution in [3.63, 3.8) is 0 Å². The zero-order valence-electron chi connectivity index (χ0n) is 37.6. The van der Waals surface area contributed by atoms with E-state index >= 15 is 0 Å². The van der Waals surface area contributed by atoms with Gasteiger partial charge in [-0.1, -0.05) is 183 Å². The average Bonchev–Trinajstić information content (AvgIpc) is 3.85. The highest BCUT2D eigenvalue weighted by Gasteiger charge is 2.57. The van der Waals surface area contributed by atoms with Crippen LogP contribution in [0.5, 0.6) is 11.5 Å². The van der Waals surface area contributed by atoms with E-state index in [2.05, 4.69) is 250 Å². The number of hydrogen-bond acceptors (Lipinski definition) is 2. The highest BCUT2D eigenvalue weighted by Crippen LogP contribution is 2.65. The minimum atomic E-state index is -0.613. The molecule has 4 atom stereocenters. The highest BCUT2D eigenvalue weighted by molar-refractivity contribution is 6.11. The molecular formula is C63H48N2O. The number of nitrogens with zero attached hydrogens (tertiary/aromatic N) is 2. The molecule has 3 nitrogen and oxygen atoms in total. The Kier molecular flexibility index (Phi) is 7.44. The Labute approximate surface area is 386 Å². The van der Waals surface area contributed by atoms with Gasteiger partial charge in [0.15, 0.2) is 0 Å². The summed E-state index contributed by atoms with van der Waals surface area (Å²) in [5, 5.41) is 2.63. The number of fused-ring (bicyclic) bond motifs is 14. The van der Waals surface area contributed by atoms with Crippen LogP contribution in [0.15, 0.2) is 224 Å². The summed E-state index contributed by atoms with van der Waals surface area (Å²) in [4.78, 5) is 2.70. The number of rotatable bonds is 4. The van der Waals surface area contributed by atoms with Crippen LogP contribution in [0.2, 0.25) is 0 Å². The van der Waals surface area contributed by atoms with Crippen LogP contribution >= 0.6 is 0 Å².